The molecule has 3 unspecified atom stereocenters. The number of nitrogens with zero attached hydrogens (tertiary/aromatic N) is 1. The van der Waals surface area contributed by atoms with Crippen LogP contribution in [0.25, 0.3) is 0 Å². The zero-order valence-electron chi connectivity index (χ0n) is 12.4. The highest BCUT2D eigenvalue weighted by Gasteiger charge is 2.51. The highest BCUT2D eigenvalue weighted by Crippen LogP contribution is 2.42. The molecule has 0 bridgehead atoms. The van der Waals surface area contributed by atoms with Crippen LogP contribution in [0.1, 0.15) is 37.8 Å². The second-order valence-corrected chi connectivity index (χ2v) is 6.42. The molecule has 0 spiro atoms. The number of imide groups is 1. The smallest absolute Gasteiger partial charge is 0.233 e. The molecule has 4 nitrogen and oxygen atoms in total. The van der Waals surface area contributed by atoms with E-state index in [4.69, 9.17) is 5.73 Å². The van der Waals surface area contributed by atoms with E-state index in [1.165, 1.54) is 4.90 Å². The number of nitrogens with two attached hydrogens (primary N) is 1. The molecule has 1 heterocycles. The quantitative estimate of drug-likeness (QED) is 0.862. The number of amides is 2. The van der Waals surface area contributed by atoms with Gasteiger partial charge < -0.3 is 5.73 Å². The number of rotatable bonds is 4. The highest BCUT2D eigenvalue weighted by atomic mass is 16.2. The summed E-state index contributed by atoms with van der Waals surface area (Å²) in [6.45, 7) is 2.56. The SMILES string of the molecule is CC1CC2C(=O)N(CCC(N)c3ccccc3)C(=O)C2C1. The van der Waals surface area contributed by atoms with Crippen LogP contribution in [0.4, 0.5) is 0 Å². The van der Waals surface area contributed by atoms with Gasteiger partial charge in [0.05, 0.1) is 11.8 Å². The molecule has 0 aromatic heterocycles. The van der Waals surface area contributed by atoms with Crippen molar-refractivity contribution < 1.29 is 9.59 Å². The van der Waals surface area contributed by atoms with E-state index in [9.17, 15) is 9.59 Å². The Balaban J connectivity index is 1.62. The summed E-state index contributed by atoms with van der Waals surface area (Å²) in [7, 11) is 0. The van der Waals surface area contributed by atoms with E-state index in [-0.39, 0.29) is 29.7 Å². The van der Waals surface area contributed by atoms with Crippen molar-refractivity contribution in [3.8, 4) is 0 Å². The van der Waals surface area contributed by atoms with Crippen LogP contribution in [0.2, 0.25) is 0 Å². The third-order valence-electron chi connectivity index (χ3n) is 4.86. The molecule has 21 heavy (non-hydrogen) atoms. The maximum Gasteiger partial charge on any atom is 0.233 e. The Morgan fingerprint density at radius 3 is 2.29 bits per heavy atom. The molecule has 1 aromatic carbocycles. The Hall–Kier alpha value is -1.68. The Kier molecular flexibility index (Phi) is 3.81. The molecule has 112 valence electrons. The first-order chi connectivity index (χ1) is 10.1. The van der Waals surface area contributed by atoms with Crippen LogP contribution >= 0.6 is 0 Å². The maximum atomic E-state index is 12.4. The van der Waals surface area contributed by atoms with Crippen LogP contribution < -0.4 is 5.73 Å². The number of benzene rings is 1. The number of hydrogen-bond acceptors (Lipinski definition) is 3. The minimum atomic E-state index is -0.133. The van der Waals surface area contributed by atoms with E-state index in [1.54, 1.807) is 0 Å². The van der Waals surface area contributed by atoms with E-state index < -0.39 is 0 Å². The first-order valence-electron chi connectivity index (χ1n) is 7.73. The molecule has 1 saturated heterocycles. The van der Waals surface area contributed by atoms with Gasteiger partial charge in [-0.15, -0.1) is 0 Å². The van der Waals surface area contributed by atoms with Crippen molar-refractivity contribution in [2.45, 2.75) is 32.2 Å². The average Bonchev–Trinajstić information content (AvgIpc) is 2.97. The van der Waals surface area contributed by atoms with Gasteiger partial charge in [0.1, 0.15) is 0 Å². The molecule has 2 aliphatic rings. The Morgan fingerprint density at radius 2 is 1.71 bits per heavy atom. The molecule has 2 fully saturated rings. The van der Waals surface area contributed by atoms with Gasteiger partial charge in [-0.25, -0.2) is 0 Å². The Morgan fingerprint density at radius 1 is 1.14 bits per heavy atom. The normalized spacial score (nSPS) is 29.8. The molecule has 2 N–H and O–H groups in total. The van der Waals surface area contributed by atoms with Crippen molar-refractivity contribution in [2.75, 3.05) is 6.54 Å². The molecular formula is C17H22N2O2. The predicted octanol–water partition coefficient (Wildman–Crippen LogP) is 2.11. The molecule has 2 amide bonds. The zero-order chi connectivity index (χ0) is 15.0. The van der Waals surface area contributed by atoms with Crippen LogP contribution in [0.3, 0.4) is 0 Å². The van der Waals surface area contributed by atoms with Gasteiger partial charge in [0.2, 0.25) is 11.8 Å². The van der Waals surface area contributed by atoms with Crippen LogP contribution in [0.15, 0.2) is 30.3 Å². The number of carbonyl (C=O) groups is 2. The summed E-state index contributed by atoms with van der Waals surface area (Å²) in [5, 5.41) is 0. The lowest BCUT2D eigenvalue weighted by atomic mass is 10.00. The van der Waals surface area contributed by atoms with Gasteiger partial charge in [-0.3, -0.25) is 14.5 Å². The van der Waals surface area contributed by atoms with E-state index in [0.717, 1.165) is 18.4 Å². The van der Waals surface area contributed by atoms with E-state index in [1.807, 2.05) is 30.3 Å². The van der Waals surface area contributed by atoms with Gasteiger partial charge in [-0.05, 0) is 30.7 Å². The standard InChI is InChI=1S/C17H22N2O2/c1-11-9-13-14(10-11)17(21)19(16(13)20)8-7-15(18)12-5-3-2-4-6-12/h2-6,11,13-15H,7-10,18H2,1H3. The fourth-order valence-corrected chi connectivity index (χ4v) is 3.70. The minimum absolute atomic E-state index is 0.0228. The van der Waals surface area contributed by atoms with Gasteiger partial charge in [0, 0.05) is 12.6 Å². The number of fused-ring (bicyclic) bond motifs is 1. The van der Waals surface area contributed by atoms with Crippen molar-refractivity contribution in [1.29, 1.82) is 0 Å². The average molecular weight is 286 g/mol. The van der Waals surface area contributed by atoms with Crippen molar-refractivity contribution in [1.82, 2.24) is 4.90 Å². The summed E-state index contributed by atoms with van der Waals surface area (Å²) in [5.41, 5.74) is 7.20. The lowest BCUT2D eigenvalue weighted by molar-refractivity contribution is -0.140. The summed E-state index contributed by atoms with van der Waals surface area (Å²) in [5.74, 6) is 0.395. The lowest BCUT2D eigenvalue weighted by Crippen LogP contribution is -2.34. The summed E-state index contributed by atoms with van der Waals surface area (Å²) in [4.78, 5) is 26.2. The fourth-order valence-electron chi connectivity index (χ4n) is 3.70. The van der Waals surface area contributed by atoms with Gasteiger partial charge in [-0.1, -0.05) is 37.3 Å². The molecule has 3 rings (SSSR count). The van der Waals surface area contributed by atoms with E-state index in [2.05, 4.69) is 6.92 Å². The molecule has 0 radical (unpaired) electrons. The van der Waals surface area contributed by atoms with E-state index in [0.29, 0.717) is 18.9 Å². The number of hydrogen-bond donors (Lipinski definition) is 1. The van der Waals surface area contributed by atoms with Crippen molar-refractivity contribution in [2.24, 2.45) is 23.5 Å². The summed E-state index contributed by atoms with van der Waals surface area (Å²) < 4.78 is 0. The Bertz CT molecular complexity index is 519. The number of carbonyl (C=O) groups excluding carboxylic acids is 2. The third-order valence-corrected chi connectivity index (χ3v) is 4.86. The van der Waals surface area contributed by atoms with Gasteiger partial charge >= 0.3 is 0 Å². The second-order valence-electron chi connectivity index (χ2n) is 6.42. The van der Waals surface area contributed by atoms with Gasteiger partial charge in [-0.2, -0.15) is 0 Å². The lowest BCUT2D eigenvalue weighted by Gasteiger charge is -2.19. The van der Waals surface area contributed by atoms with Crippen LogP contribution in [0.5, 0.6) is 0 Å². The van der Waals surface area contributed by atoms with Gasteiger partial charge in [0.15, 0.2) is 0 Å². The van der Waals surface area contributed by atoms with Crippen molar-refractivity contribution in [3.05, 3.63) is 35.9 Å². The molecule has 1 aliphatic carbocycles. The monoisotopic (exact) mass is 286 g/mol. The first-order valence-corrected chi connectivity index (χ1v) is 7.73. The third kappa shape index (κ3) is 2.60. The first kappa shape index (κ1) is 14.3. The molecular weight excluding hydrogens is 264 g/mol. The van der Waals surface area contributed by atoms with E-state index >= 15 is 0 Å². The summed E-state index contributed by atoms with van der Waals surface area (Å²) >= 11 is 0. The maximum absolute atomic E-state index is 12.4. The van der Waals surface area contributed by atoms with Crippen LogP contribution in [-0.2, 0) is 9.59 Å². The summed E-state index contributed by atoms with van der Waals surface area (Å²) in [6, 6.07) is 9.68. The molecule has 1 aliphatic heterocycles. The molecule has 4 heteroatoms. The number of likely N-dealkylation sites (tertiary alicyclic amines) is 1. The van der Waals surface area contributed by atoms with Gasteiger partial charge in [0.25, 0.3) is 0 Å². The predicted molar refractivity (Wildman–Crippen MR) is 80.1 cm³/mol. The molecule has 1 saturated carbocycles. The van der Waals surface area contributed by atoms with Crippen LogP contribution in [0, 0.1) is 17.8 Å². The molecule has 1 aromatic rings. The minimum Gasteiger partial charge on any atom is -0.324 e. The van der Waals surface area contributed by atoms with Crippen molar-refractivity contribution in [3.63, 3.8) is 0 Å². The Labute approximate surface area is 125 Å². The molecule has 3 atom stereocenters. The largest absolute Gasteiger partial charge is 0.324 e. The highest BCUT2D eigenvalue weighted by molar-refractivity contribution is 6.05. The summed E-state index contributed by atoms with van der Waals surface area (Å²) in [6.07, 6.45) is 2.34. The fraction of sp³-hybridized carbons (Fsp3) is 0.529. The second kappa shape index (κ2) is 5.60. The topological polar surface area (TPSA) is 63.4 Å². The van der Waals surface area contributed by atoms with Crippen LogP contribution in [-0.4, -0.2) is 23.3 Å². The zero-order valence-corrected chi connectivity index (χ0v) is 12.4. The van der Waals surface area contributed by atoms with Crippen molar-refractivity contribution >= 4 is 11.8 Å².